The van der Waals surface area contributed by atoms with Crippen LogP contribution in [0.4, 0.5) is 0 Å². The van der Waals surface area contributed by atoms with Gasteiger partial charge >= 0.3 is 0 Å². The van der Waals surface area contributed by atoms with Gasteiger partial charge in [-0.15, -0.1) is 0 Å². The van der Waals surface area contributed by atoms with Gasteiger partial charge in [0, 0.05) is 26.7 Å². The third-order valence-electron chi connectivity index (χ3n) is 2.72. The highest BCUT2D eigenvalue weighted by atomic mass is 16.5. The van der Waals surface area contributed by atoms with Crippen LogP contribution < -0.4 is 10.6 Å². The molecular formula is C11H21N3O3. The van der Waals surface area contributed by atoms with Gasteiger partial charge in [-0.25, -0.2) is 0 Å². The van der Waals surface area contributed by atoms with Crippen LogP contribution in [0.5, 0.6) is 0 Å². The minimum atomic E-state index is -0.234. The lowest BCUT2D eigenvalue weighted by Crippen LogP contribution is -2.59. The van der Waals surface area contributed by atoms with Crippen molar-refractivity contribution >= 4 is 11.8 Å². The molecule has 0 atom stereocenters. The number of carbonyl (C=O) groups is 2. The van der Waals surface area contributed by atoms with Crippen LogP contribution in [0.15, 0.2) is 0 Å². The Hall–Kier alpha value is -1.14. The molecule has 0 bridgehead atoms. The van der Waals surface area contributed by atoms with Crippen LogP contribution in [0.3, 0.4) is 0 Å². The van der Waals surface area contributed by atoms with Gasteiger partial charge in [0.15, 0.2) is 0 Å². The topological polar surface area (TPSA) is 70.7 Å². The van der Waals surface area contributed by atoms with E-state index in [0.29, 0.717) is 6.54 Å². The number of nitrogens with one attached hydrogen (secondary N) is 2. The van der Waals surface area contributed by atoms with Crippen LogP contribution in [0.1, 0.15) is 13.8 Å². The van der Waals surface area contributed by atoms with Crippen LogP contribution in [0.2, 0.25) is 0 Å². The number of ether oxygens (including phenoxy) is 1. The lowest BCUT2D eigenvalue weighted by molar-refractivity contribution is -0.146. The predicted molar refractivity (Wildman–Crippen MR) is 63.5 cm³/mol. The first kappa shape index (κ1) is 13.9. The number of likely N-dealkylation sites (N-methyl/N-ethyl adjacent to an activating group) is 2. The summed E-state index contributed by atoms with van der Waals surface area (Å²) in [5, 5.41) is 5.73. The largest absolute Gasteiger partial charge is 0.363 e. The number of hydrogen-bond acceptors (Lipinski definition) is 4. The van der Waals surface area contributed by atoms with Gasteiger partial charge in [0.1, 0.15) is 6.61 Å². The van der Waals surface area contributed by atoms with Crippen molar-refractivity contribution in [2.45, 2.75) is 19.4 Å². The van der Waals surface area contributed by atoms with Gasteiger partial charge in [0.25, 0.3) is 0 Å². The van der Waals surface area contributed by atoms with E-state index in [1.807, 2.05) is 13.8 Å². The smallest absolute Gasteiger partial charge is 0.248 e. The number of hydrogen-bond donors (Lipinski definition) is 2. The molecule has 0 unspecified atom stereocenters. The van der Waals surface area contributed by atoms with E-state index in [9.17, 15) is 9.59 Å². The molecule has 2 N–H and O–H groups in total. The second-order valence-electron chi connectivity index (χ2n) is 4.55. The standard InChI is InChI=1S/C11H21N3O3/c1-4-13-9(15)5-14(3)10(16)6-17-11(2)7-12-8-11/h12H,4-8H2,1-3H3,(H,13,15). The molecule has 1 rings (SSSR count). The van der Waals surface area contributed by atoms with Gasteiger partial charge in [-0.05, 0) is 13.8 Å². The maximum absolute atomic E-state index is 11.7. The minimum Gasteiger partial charge on any atom is -0.363 e. The van der Waals surface area contributed by atoms with Gasteiger partial charge < -0.3 is 20.3 Å². The van der Waals surface area contributed by atoms with E-state index < -0.39 is 0 Å². The summed E-state index contributed by atoms with van der Waals surface area (Å²) in [6.07, 6.45) is 0. The van der Waals surface area contributed by atoms with Crippen LogP contribution in [-0.4, -0.2) is 62.1 Å². The minimum absolute atomic E-state index is 0.0219. The van der Waals surface area contributed by atoms with E-state index in [0.717, 1.165) is 13.1 Å². The summed E-state index contributed by atoms with van der Waals surface area (Å²) in [5.74, 6) is -0.329. The molecule has 0 aliphatic carbocycles. The number of amides is 2. The van der Waals surface area contributed by atoms with Crippen molar-refractivity contribution in [3.63, 3.8) is 0 Å². The van der Waals surface area contributed by atoms with E-state index in [-0.39, 0.29) is 30.6 Å². The summed E-state index contributed by atoms with van der Waals surface area (Å²) in [7, 11) is 1.60. The molecule has 0 saturated carbocycles. The molecule has 6 heteroatoms. The van der Waals surface area contributed by atoms with Crippen molar-refractivity contribution in [1.29, 1.82) is 0 Å². The summed E-state index contributed by atoms with van der Waals surface area (Å²) in [6, 6.07) is 0. The van der Waals surface area contributed by atoms with E-state index in [1.54, 1.807) is 7.05 Å². The Labute approximate surface area is 102 Å². The Morgan fingerprint density at radius 3 is 2.59 bits per heavy atom. The summed E-state index contributed by atoms with van der Waals surface area (Å²) in [5.41, 5.74) is -0.234. The SMILES string of the molecule is CCNC(=O)CN(C)C(=O)COC1(C)CNC1. The molecule has 6 nitrogen and oxygen atoms in total. The molecule has 1 aliphatic heterocycles. The number of rotatable bonds is 6. The Balaban J connectivity index is 2.24. The van der Waals surface area contributed by atoms with Crippen molar-refractivity contribution < 1.29 is 14.3 Å². The molecule has 0 aromatic heterocycles. The summed E-state index contributed by atoms with van der Waals surface area (Å²) in [4.78, 5) is 24.3. The molecule has 1 saturated heterocycles. The fourth-order valence-corrected chi connectivity index (χ4v) is 1.48. The zero-order valence-electron chi connectivity index (χ0n) is 10.7. The zero-order valence-corrected chi connectivity index (χ0v) is 10.7. The van der Waals surface area contributed by atoms with Crippen molar-refractivity contribution in [1.82, 2.24) is 15.5 Å². The normalized spacial score (nSPS) is 17.1. The molecule has 1 aliphatic rings. The summed E-state index contributed by atoms with van der Waals surface area (Å²) < 4.78 is 5.50. The molecule has 98 valence electrons. The maximum atomic E-state index is 11.7. The van der Waals surface area contributed by atoms with Crippen molar-refractivity contribution in [3.8, 4) is 0 Å². The second-order valence-corrected chi connectivity index (χ2v) is 4.55. The lowest BCUT2D eigenvalue weighted by Gasteiger charge is -2.39. The third kappa shape index (κ3) is 4.32. The summed E-state index contributed by atoms with van der Waals surface area (Å²) in [6.45, 7) is 5.99. The molecule has 17 heavy (non-hydrogen) atoms. The molecule has 0 aromatic carbocycles. The maximum Gasteiger partial charge on any atom is 0.248 e. The predicted octanol–water partition coefficient (Wildman–Crippen LogP) is -1.04. The Morgan fingerprint density at radius 1 is 1.47 bits per heavy atom. The molecule has 2 amide bonds. The van der Waals surface area contributed by atoms with Gasteiger partial charge in [-0.1, -0.05) is 0 Å². The molecule has 0 spiro atoms. The third-order valence-corrected chi connectivity index (χ3v) is 2.72. The first-order chi connectivity index (χ1) is 7.97. The van der Waals surface area contributed by atoms with Gasteiger partial charge in [-0.3, -0.25) is 9.59 Å². The number of carbonyl (C=O) groups excluding carboxylic acids is 2. The zero-order chi connectivity index (χ0) is 12.9. The quantitative estimate of drug-likeness (QED) is 0.625. The van der Waals surface area contributed by atoms with Crippen LogP contribution >= 0.6 is 0 Å². The highest BCUT2D eigenvalue weighted by Gasteiger charge is 2.33. The monoisotopic (exact) mass is 243 g/mol. The lowest BCUT2D eigenvalue weighted by atomic mass is 10.0. The molecular weight excluding hydrogens is 222 g/mol. The van der Waals surface area contributed by atoms with Crippen LogP contribution in [0, 0.1) is 0 Å². The van der Waals surface area contributed by atoms with E-state index in [2.05, 4.69) is 10.6 Å². The van der Waals surface area contributed by atoms with Crippen LogP contribution in [-0.2, 0) is 14.3 Å². The second kappa shape index (κ2) is 5.97. The van der Waals surface area contributed by atoms with Gasteiger partial charge in [0.2, 0.25) is 11.8 Å². The number of nitrogens with zero attached hydrogens (tertiary/aromatic N) is 1. The van der Waals surface area contributed by atoms with Gasteiger partial charge in [-0.2, -0.15) is 0 Å². The van der Waals surface area contributed by atoms with E-state index >= 15 is 0 Å². The van der Waals surface area contributed by atoms with Crippen molar-refractivity contribution in [2.75, 3.05) is 39.8 Å². The van der Waals surface area contributed by atoms with Gasteiger partial charge in [0.05, 0.1) is 12.1 Å². The van der Waals surface area contributed by atoms with Crippen LogP contribution in [0.25, 0.3) is 0 Å². The van der Waals surface area contributed by atoms with E-state index in [4.69, 9.17) is 4.74 Å². The fourth-order valence-electron chi connectivity index (χ4n) is 1.48. The molecule has 1 fully saturated rings. The first-order valence-electron chi connectivity index (χ1n) is 5.82. The first-order valence-corrected chi connectivity index (χ1v) is 5.82. The molecule has 1 heterocycles. The average Bonchev–Trinajstić information content (AvgIpc) is 2.23. The Bertz CT molecular complexity index is 290. The fraction of sp³-hybridized carbons (Fsp3) is 0.818. The highest BCUT2D eigenvalue weighted by Crippen LogP contribution is 2.14. The van der Waals surface area contributed by atoms with Crippen molar-refractivity contribution in [3.05, 3.63) is 0 Å². The Kier molecular flexibility index (Phi) is 4.89. The average molecular weight is 243 g/mol. The Morgan fingerprint density at radius 2 is 2.12 bits per heavy atom. The summed E-state index contributed by atoms with van der Waals surface area (Å²) >= 11 is 0. The molecule has 0 radical (unpaired) electrons. The molecule has 0 aromatic rings. The highest BCUT2D eigenvalue weighted by molar-refractivity contribution is 5.85. The van der Waals surface area contributed by atoms with E-state index in [1.165, 1.54) is 4.90 Å². The van der Waals surface area contributed by atoms with Crippen molar-refractivity contribution in [2.24, 2.45) is 0 Å².